The van der Waals surface area contributed by atoms with Crippen molar-refractivity contribution in [3.63, 3.8) is 0 Å². The lowest BCUT2D eigenvalue weighted by Gasteiger charge is -2.27. The zero-order chi connectivity index (χ0) is 8.39. The summed E-state index contributed by atoms with van der Waals surface area (Å²) in [4.78, 5) is 0. The molecule has 2 rings (SSSR count). The van der Waals surface area contributed by atoms with Gasteiger partial charge in [0.1, 0.15) is 0 Å². The zero-order valence-electron chi connectivity index (χ0n) is 7.23. The topological polar surface area (TPSA) is 33.6 Å². The molecular weight excluding hydrogens is 152 g/mol. The zero-order valence-corrected chi connectivity index (χ0v) is 7.23. The maximum absolute atomic E-state index is 5.31. The molecule has 0 bridgehead atoms. The van der Waals surface area contributed by atoms with Gasteiger partial charge < -0.3 is 4.74 Å². The van der Waals surface area contributed by atoms with Gasteiger partial charge in [0.15, 0.2) is 12.6 Å². The summed E-state index contributed by atoms with van der Waals surface area (Å²) in [6.45, 7) is 2.26. The predicted octanol–water partition coefficient (Wildman–Crippen LogP) is 1.48. The largest absolute Gasteiger partial charge is 0.457 e. The van der Waals surface area contributed by atoms with Crippen molar-refractivity contribution in [1.29, 1.82) is 0 Å². The summed E-state index contributed by atoms with van der Waals surface area (Å²) in [6, 6.07) is 0. The number of ether oxygens (including phenoxy) is 1. The molecular formula is C9H14N2O. The lowest BCUT2D eigenvalue weighted by molar-refractivity contribution is 0.111. The number of hydrazone groups is 1. The van der Waals surface area contributed by atoms with Crippen LogP contribution in [0.1, 0.15) is 19.8 Å². The normalized spacial score (nSPS) is 39.2. The Kier molecular flexibility index (Phi) is 2.02. The quantitative estimate of drug-likeness (QED) is 0.598. The second kappa shape index (κ2) is 3.17. The average molecular weight is 166 g/mol. The Labute approximate surface area is 72.5 Å². The maximum atomic E-state index is 5.31. The molecule has 2 aliphatic rings. The van der Waals surface area contributed by atoms with Gasteiger partial charge in [0.25, 0.3) is 0 Å². The first-order chi connectivity index (χ1) is 5.88. The fourth-order valence-corrected chi connectivity index (χ4v) is 1.80. The van der Waals surface area contributed by atoms with E-state index < -0.39 is 0 Å². The standard InChI is InChI=1S/C9H14N2O/c1-7-4-2-3-5-8(7)9-11-10-6-12-9/h3,5-9,11H,2,4H2,1H3/t7-,8?,9?/m1/s1. The van der Waals surface area contributed by atoms with Crippen LogP contribution in [0, 0.1) is 11.8 Å². The first kappa shape index (κ1) is 7.65. The van der Waals surface area contributed by atoms with Crippen molar-refractivity contribution < 1.29 is 4.74 Å². The molecule has 0 amide bonds. The Morgan fingerprint density at radius 3 is 3.17 bits per heavy atom. The van der Waals surface area contributed by atoms with E-state index in [1.165, 1.54) is 19.2 Å². The molecule has 1 aliphatic heterocycles. The van der Waals surface area contributed by atoms with Gasteiger partial charge in [0, 0.05) is 5.92 Å². The summed E-state index contributed by atoms with van der Waals surface area (Å²) in [5.41, 5.74) is 2.95. The highest BCUT2D eigenvalue weighted by Gasteiger charge is 2.28. The maximum Gasteiger partial charge on any atom is 0.195 e. The van der Waals surface area contributed by atoms with Crippen LogP contribution in [0.15, 0.2) is 17.3 Å². The first-order valence-electron chi connectivity index (χ1n) is 4.47. The molecule has 0 aromatic heterocycles. The molecule has 66 valence electrons. The van der Waals surface area contributed by atoms with Crippen molar-refractivity contribution in [1.82, 2.24) is 5.43 Å². The van der Waals surface area contributed by atoms with E-state index in [4.69, 9.17) is 4.74 Å². The van der Waals surface area contributed by atoms with Crippen LogP contribution in [0.2, 0.25) is 0 Å². The summed E-state index contributed by atoms with van der Waals surface area (Å²) < 4.78 is 5.31. The second-order valence-electron chi connectivity index (χ2n) is 3.48. The molecule has 0 aromatic carbocycles. The third kappa shape index (κ3) is 1.31. The second-order valence-corrected chi connectivity index (χ2v) is 3.48. The third-order valence-electron chi connectivity index (χ3n) is 2.62. The molecule has 0 aromatic rings. The summed E-state index contributed by atoms with van der Waals surface area (Å²) in [5, 5.41) is 3.84. The smallest absolute Gasteiger partial charge is 0.195 e. The van der Waals surface area contributed by atoms with Crippen molar-refractivity contribution in [2.45, 2.75) is 26.0 Å². The summed E-state index contributed by atoms with van der Waals surface area (Å²) in [5.74, 6) is 1.16. The van der Waals surface area contributed by atoms with Crippen molar-refractivity contribution >= 4 is 6.40 Å². The van der Waals surface area contributed by atoms with E-state index in [1.807, 2.05) is 0 Å². The molecule has 3 nitrogen and oxygen atoms in total. The van der Waals surface area contributed by atoms with Crippen LogP contribution in [-0.4, -0.2) is 12.6 Å². The average Bonchev–Trinajstić information content (AvgIpc) is 2.57. The van der Waals surface area contributed by atoms with Crippen molar-refractivity contribution in [2.24, 2.45) is 16.9 Å². The van der Waals surface area contributed by atoms with Crippen LogP contribution < -0.4 is 5.43 Å². The van der Waals surface area contributed by atoms with Gasteiger partial charge in [0.2, 0.25) is 0 Å². The minimum absolute atomic E-state index is 0.0662. The molecule has 0 radical (unpaired) electrons. The molecule has 1 aliphatic carbocycles. The van der Waals surface area contributed by atoms with Gasteiger partial charge in [0.05, 0.1) is 0 Å². The predicted molar refractivity (Wildman–Crippen MR) is 47.5 cm³/mol. The van der Waals surface area contributed by atoms with Crippen LogP contribution >= 0.6 is 0 Å². The van der Waals surface area contributed by atoms with E-state index >= 15 is 0 Å². The lowest BCUT2D eigenvalue weighted by atomic mass is 9.84. The van der Waals surface area contributed by atoms with Crippen LogP contribution in [-0.2, 0) is 4.74 Å². The Hall–Kier alpha value is -0.990. The first-order valence-corrected chi connectivity index (χ1v) is 4.47. The highest BCUT2D eigenvalue weighted by Crippen LogP contribution is 2.27. The van der Waals surface area contributed by atoms with Crippen LogP contribution in [0.4, 0.5) is 0 Å². The van der Waals surface area contributed by atoms with Gasteiger partial charge in [-0.3, -0.25) is 5.43 Å². The van der Waals surface area contributed by atoms with E-state index in [0.29, 0.717) is 11.8 Å². The fraction of sp³-hybridized carbons (Fsp3) is 0.667. The summed E-state index contributed by atoms with van der Waals surface area (Å²) in [6.07, 6.45) is 8.47. The van der Waals surface area contributed by atoms with E-state index in [1.54, 1.807) is 0 Å². The number of hydrogen-bond donors (Lipinski definition) is 1. The Morgan fingerprint density at radius 1 is 1.58 bits per heavy atom. The van der Waals surface area contributed by atoms with Gasteiger partial charge in [-0.05, 0) is 18.8 Å². The molecule has 0 spiro atoms. The highest BCUT2D eigenvalue weighted by molar-refractivity contribution is 5.47. The van der Waals surface area contributed by atoms with E-state index in [0.717, 1.165) is 0 Å². The van der Waals surface area contributed by atoms with E-state index in [9.17, 15) is 0 Å². The SMILES string of the molecule is C[C@@H]1CCC=CC1C1NN=CO1. The summed E-state index contributed by atoms with van der Waals surface area (Å²) >= 11 is 0. The lowest BCUT2D eigenvalue weighted by Crippen LogP contribution is -2.34. The Morgan fingerprint density at radius 2 is 2.50 bits per heavy atom. The minimum Gasteiger partial charge on any atom is -0.457 e. The Bertz CT molecular complexity index is 205. The molecule has 1 heterocycles. The van der Waals surface area contributed by atoms with Crippen molar-refractivity contribution in [3.05, 3.63) is 12.2 Å². The molecule has 3 atom stereocenters. The van der Waals surface area contributed by atoms with Gasteiger partial charge in [-0.1, -0.05) is 19.1 Å². The molecule has 0 fully saturated rings. The number of allylic oxidation sites excluding steroid dienone is 1. The summed E-state index contributed by atoms with van der Waals surface area (Å²) in [7, 11) is 0. The third-order valence-corrected chi connectivity index (χ3v) is 2.62. The van der Waals surface area contributed by atoms with E-state index in [-0.39, 0.29) is 6.23 Å². The van der Waals surface area contributed by atoms with Gasteiger partial charge in [-0.15, -0.1) is 5.10 Å². The fourth-order valence-electron chi connectivity index (χ4n) is 1.80. The highest BCUT2D eigenvalue weighted by atomic mass is 16.5. The van der Waals surface area contributed by atoms with Crippen LogP contribution in [0.5, 0.6) is 0 Å². The van der Waals surface area contributed by atoms with Gasteiger partial charge >= 0.3 is 0 Å². The molecule has 12 heavy (non-hydrogen) atoms. The van der Waals surface area contributed by atoms with Gasteiger partial charge in [-0.2, -0.15) is 0 Å². The van der Waals surface area contributed by atoms with Crippen LogP contribution in [0.3, 0.4) is 0 Å². The number of nitrogens with zero attached hydrogens (tertiary/aromatic N) is 1. The van der Waals surface area contributed by atoms with Crippen molar-refractivity contribution in [3.8, 4) is 0 Å². The molecule has 0 saturated carbocycles. The van der Waals surface area contributed by atoms with Crippen LogP contribution in [0.25, 0.3) is 0 Å². The molecule has 1 N–H and O–H groups in total. The Balaban J connectivity index is 2.01. The van der Waals surface area contributed by atoms with E-state index in [2.05, 4.69) is 29.6 Å². The van der Waals surface area contributed by atoms with Gasteiger partial charge in [-0.25, -0.2) is 0 Å². The molecule has 2 unspecified atom stereocenters. The minimum atomic E-state index is 0.0662. The monoisotopic (exact) mass is 166 g/mol. The number of rotatable bonds is 1. The number of nitrogens with one attached hydrogen (secondary N) is 1. The van der Waals surface area contributed by atoms with Crippen molar-refractivity contribution in [2.75, 3.05) is 0 Å². The molecule has 0 saturated heterocycles. The number of hydrogen-bond acceptors (Lipinski definition) is 3. The molecule has 3 heteroatoms.